The Balaban J connectivity index is 1.32. The van der Waals surface area contributed by atoms with Crippen LogP contribution in [-0.2, 0) is 17.5 Å². The smallest absolute Gasteiger partial charge is 0.416 e. The monoisotopic (exact) mass is 603 g/mol. The minimum atomic E-state index is -4.48. The van der Waals surface area contributed by atoms with Crippen molar-refractivity contribution in [3.05, 3.63) is 52.8 Å². The number of hydrogen-bond acceptors (Lipinski definition) is 9. The van der Waals surface area contributed by atoms with Gasteiger partial charge in [-0.25, -0.2) is 15.0 Å². The van der Waals surface area contributed by atoms with Crippen LogP contribution in [-0.4, -0.2) is 87.0 Å². The van der Waals surface area contributed by atoms with Crippen LogP contribution >= 0.6 is 11.3 Å². The van der Waals surface area contributed by atoms with Gasteiger partial charge in [-0.2, -0.15) is 13.2 Å². The number of thiazole rings is 1. The van der Waals surface area contributed by atoms with Gasteiger partial charge in [-0.3, -0.25) is 24.7 Å². The van der Waals surface area contributed by atoms with E-state index in [4.69, 9.17) is 5.11 Å². The molecule has 1 atom stereocenters. The van der Waals surface area contributed by atoms with Crippen LogP contribution in [0.1, 0.15) is 47.1 Å². The normalized spacial score (nSPS) is 18.4. The molecule has 2 aromatic heterocycles. The van der Waals surface area contributed by atoms with Gasteiger partial charge in [0, 0.05) is 49.2 Å². The lowest BCUT2D eigenvalue weighted by Crippen LogP contribution is -2.48. The second-order valence-corrected chi connectivity index (χ2v) is 11.5. The maximum absolute atomic E-state index is 13.5. The molecule has 0 bridgehead atoms. The van der Waals surface area contributed by atoms with Gasteiger partial charge in [0.25, 0.3) is 5.91 Å². The third-order valence-electron chi connectivity index (χ3n) is 7.62. The molecule has 10 nitrogen and oxygen atoms in total. The zero-order chi connectivity index (χ0) is 29.9. The fraction of sp³-hybridized carbons (Fsp3) is 0.464. The molecule has 2 fully saturated rings. The number of likely N-dealkylation sites (tertiary alicyclic amines) is 1. The van der Waals surface area contributed by atoms with Gasteiger partial charge < -0.3 is 10.0 Å². The number of anilines is 2. The van der Waals surface area contributed by atoms with Gasteiger partial charge in [-0.15, -0.1) is 0 Å². The molecule has 0 aliphatic carbocycles. The van der Waals surface area contributed by atoms with E-state index in [9.17, 15) is 22.8 Å². The summed E-state index contributed by atoms with van der Waals surface area (Å²) in [6.45, 7) is 5.88. The second kappa shape index (κ2) is 12.7. The summed E-state index contributed by atoms with van der Waals surface area (Å²) in [6.07, 6.45) is 1.50. The largest absolute Gasteiger partial charge is 0.480 e. The van der Waals surface area contributed by atoms with Gasteiger partial charge in [-0.1, -0.05) is 30.4 Å². The van der Waals surface area contributed by atoms with E-state index in [2.05, 4.69) is 32.1 Å². The van der Waals surface area contributed by atoms with Crippen molar-refractivity contribution in [3.8, 4) is 11.3 Å². The molecule has 3 aromatic rings. The maximum atomic E-state index is 13.5. The van der Waals surface area contributed by atoms with Crippen LogP contribution in [0, 0.1) is 0 Å². The molecule has 0 radical (unpaired) electrons. The Morgan fingerprint density at radius 1 is 1.12 bits per heavy atom. The number of benzene rings is 1. The minimum Gasteiger partial charge on any atom is -0.480 e. The van der Waals surface area contributed by atoms with Crippen LogP contribution in [0.2, 0.25) is 0 Å². The third-order valence-corrected chi connectivity index (χ3v) is 8.58. The highest BCUT2D eigenvalue weighted by atomic mass is 32.1. The molecule has 0 spiro atoms. The van der Waals surface area contributed by atoms with E-state index in [0.29, 0.717) is 55.8 Å². The number of carboxylic acids is 1. The van der Waals surface area contributed by atoms with Gasteiger partial charge in [0.15, 0.2) is 5.13 Å². The van der Waals surface area contributed by atoms with E-state index in [1.807, 2.05) is 9.80 Å². The SMILES string of the molecule is CC[C@@H]1CCCN1Cc1sc(NC(=O)c2cnc(N3CCN(CC(=O)O)CC3)cn2)nc1-c1cccc(C(F)(F)F)c1. The van der Waals surface area contributed by atoms with Gasteiger partial charge in [0.2, 0.25) is 0 Å². The number of aliphatic carboxylic acids is 1. The molecular formula is C28H32F3N7O3S. The second-order valence-electron chi connectivity index (χ2n) is 10.4. The van der Waals surface area contributed by atoms with Gasteiger partial charge in [-0.05, 0) is 37.9 Å². The molecule has 2 aliphatic heterocycles. The van der Waals surface area contributed by atoms with Crippen molar-refractivity contribution in [3.63, 3.8) is 0 Å². The van der Waals surface area contributed by atoms with E-state index in [1.54, 1.807) is 6.07 Å². The molecule has 5 rings (SSSR count). The number of aromatic nitrogens is 3. The molecular weight excluding hydrogens is 571 g/mol. The molecule has 224 valence electrons. The van der Waals surface area contributed by atoms with Crippen molar-refractivity contribution in [2.75, 3.05) is 49.5 Å². The van der Waals surface area contributed by atoms with Crippen LogP contribution in [0.25, 0.3) is 11.3 Å². The van der Waals surface area contributed by atoms with Crippen LogP contribution in [0.5, 0.6) is 0 Å². The van der Waals surface area contributed by atoms with E-state index in [1.165, 1.54) is 29.8 Å². The Morgan fingerprint density at radius 2 is 1.90 bits per heavy atom. The first-order valence-corrected chi connectivity index (χ1v) is 14.7. The highest BCUT2D eigenvalue weighted by Crippen LogP contribution is 2.37. The Labute approximate surface area is 245 Å². The third kappa shape index (κ3) is 7.05. The molecule has 1 amide bonds. The minimum absolute atomic E-state index is 0.0101. The van der Waals surface area contributed by atoms with E-state index < -0.39 is 23.6 Å². The number of halogens is 3. The van der Waals surface area contributed by atoms with Gasteiger partial charge in [0.05, 0.1) is 30.2 Å². The number of carbonyl (C=O) groups is 2. The Hall–Kier alpha value is -3.62. The Bertz CT molecular complexity index is 1410. The number of hydrogen-bond donors (Lipinski definition) is 2. The molecule has 42 heavy (non-hydrogen) atoms. The maximum Gasteiger partial charge on any atom is 0.416 e. The lowest BCUT2D eigenvalue weighted by molar-refractivity contribution is -0.139. The number of amides is 1. The topological polar surface area (TPSA) is 115 Å². The number of rotatable bonds is 9. The first-order chi connectivity index (χ1) is 20.1. The molecule has 0 unspecified atom stereocenters. The quantitative estimate of drug-likeness (QED) is 0.366. The number of carbonyl (C=O) groups excluding carboxylic acids is 1. The van der Waals surface area contributed by atoms with Crippen LogP contribution < -0.4 is 10.2 Å². The molecule has 2 saturated heterocycles. The lowest BCUT2D eigenvalue weighted by atomic mass is 10.1. The predicted octanol–water partition coefficient (Wildman–Crippen LogP) is 4.45. The average Bonchev–Trinajstić information content (AvgIpc) is 3.59. The van der Waals surface area contributed by atoms with Gasteiger partial charge >= 0.3 is 12.1 Å². The van der Waals surface area contributed by atoms with Crippen molar-refractivity contribution >= 4 is 34.2 Å². The highest BCUT2D eigenvalue weighted by Gasteiger charge is 2.31. The van der Waals surface area contributed by atoms with E-state index in [-0.39, 0.29) is 17.4 Å². The first-order valence-electron chi connectivity index (χ1n) is 13.8. The summed E-state index contributed by atoms with van der Waals surface area (Å²) in [4.78, 5) is 44.1. The molecule has 1 aromatic carbocycles. The summed E-state index contributed by atoms with van der Waals surface area (Å²) in [5.74, 6) is -0.807. The number of nitrogens with zero attached hydrogens (tertiary/aromatic N) is 6. The van der Waals surface area contributed by atoms with Crippen molar-refractivity contribution in [1.29, 1.82) is 0 Å². The Morgan fingerprint density at radius 3 is 2.57 bits per heavy atom. The lowest BCUT2D eigenvalue weighted by Gasteiger charge is -2.34. The van der Waals surface area contributed by atoms with Crippen LogP contribution in [0.4, 0.5) is 24.1 Å². The molecule has 2 aliphatic rings. The number of piperazine rings is 1. The molecule has 2 N–H and O–H groups in total. The number of nitrogens with one attached hydrogen (secondary N) is 1. The predicted molar refractivity (Wildman–Crippen MR) is 153 cm³/mol. The van der Waals surface area contributed by atoms with Crippen molar-refractivity contribution in [2.45, 2.75) is 44.9 Å². The summed E-state index contributed by atoms with van der Waals surface area (Å²) < 4.78 is 40.4. The van der Waals surface area contributed by atoms with Gasteiger partial charge in [0.1, 0.15) is 11.5 Å². The molecule has 0 saturated carbocycles. The summed E-state index contributed by atoms with van der Waals surface area (Å²) in [6, 6.07) is 5.49. The summed E-state index contributed by atoms with van der Waals surface area (Å²) in [7, 11) is 0. The number of carboxylic acid groups (broad SMARTS) is 1. The standard InChI is InChI=1S/C28H32F3N7O3S/c1-2-20-7-4-8-38(20)16-22-25(18-5-3-6-19(13-18)28(29,30)31)34-27(42-22)35-26(41)21-14-33-23(15-32-21)37-11-9-36(10-12-37)17-24(39)40/h3,5-6,13-15,20H,2,4,7-12,16-17H2,1H3,(H,39,40)(H,34,35,41)/t20-/m1/s1. The zero-order valence-corrected chi connectivity index (χ0v) is 23.9. The highest BCUT2D eigenvalue weighted by molar-refractivity contribution is 7.16. The summed E-state index contributed by atoms with van der Waals surface area (Å²) in [5, 5.41) is 12.0. The van der Waals surface area contributed by atoms with Crippen molar-refractivity contribution < 1.29 is 27.9 Å². The fourth-order valence-electron chi connectivity index (χ4n) is 5.42. The first kappa shape index (κ1) is 29.9. The van der Waals surface area contributed by atoms with Crippen LogP contribution in [0.3, 0.4) is 0 Å². The summed E-state index contributed by atoms with van der Waals surface area (Å²) >= 11 is 1.25. The molecule has 14 heteroatoms. The van der Waals surface area contributed by atoms with Crippen LogP contribution in [0.15, 0.2) is 36.7 Å². The van der Waals surface area contributed by atoms with E-state index >= 15 is 0 Å². The Kier molecular flexibility index (Phi) is 9.04. The summed E-state index contributed by atoms with van der Waals surface area (Å²) in [5.41, 5.74) is 0.0880. The van der Waals surface area contributed by atoms with Crippen molar-refractivity contribution in [1.82, 2.24) is 24.8 Å². The fourth-order valence-corrected chi connectivity index (χ4v) is 6.42. The zero-order valence-electron chi connectivity index (χ0n) is 23.1. The van der Waals surface area contributed by atoms with Crippen molar-refractivity contribution in [2.24, 2.45) is 0 Å². The number of alkyl halides is 3. The van der Waals surface area contributed by atoms with E-state index in [0.717, 1.165) is 42.8 Å². The molecule has 4 heterocycles. The average molecular weight is 604 g/mol.